The molecular formula is C18H26N2O2. The van der Waals surface area contributed by atoms with Gasteiger partial charge in [0.2, 0.25) is 0 Å². The second kappa shape index (κ2) is 6.51. The molecule has 1 saturated heterocycles. The van der Waals surface area contributed by atoms with E-state index in [-0.39, 0.29) is 17.4 Å². The summed E-state index contributed by atoms with van der Waals surface area (Å²) in [6, 6.07) is 7.62. The van der Waals surface area contributed by atoms with Crippen molar-refractivity contribution in [2.24, 2.45) is 0 Å². The van der Waals surface area contributed by atoms with Crippen LogP contribution in [0.4, 0.5) is 4.79 Å². The van der Waals surface area contributed by atoms with E-state index in [9.17, 15) is 9.59 Å². The van der Waals surface area contributed by atoms with Gasteiger partial charge >= 0.3 is 6.03 Å². The summed E-state index contributed by atoms with van der Waals surface area (Å²) in [5.74, 6) is -0.0988. The molecule has 4 heteroatoms. The van der Waals surface area contributed by atoms with Crippen molar-refractivity contribution in [3.05, 3.63) is 35.4 Å². The lowest BCUT2D eigenvalue weighted by atomic mass is 9.86. The van der Waals surface area contributed by atoms with Gasteiger partial charge in [0.25, 0.3) is 5.91 Å². The van der Waals surface area contributed by atoms with Crippen LogP contribution in [0.2, 0.25) is 0 Å². The predicted octanol–water partition coefficient (Wildman–Crippen LogP) is 3.25. The third kappa shape index (κ3) is 3.67. The number of benzene rings is 1. The molecule has 1 N–H and O–H groups in total. The average Bonchev–Trinajstić information content (AvgIpc) is 2.71. The fraction of sp³-hybridized carbons (Fsp3) is 0.556. The van der Waals surface area contributed by atoms with Crippen molar-refractivity contribution in [1.82, 2.24) is 10.2 Å². The maximum absolute atomic E-state index is 12.3. The van der Waals surface area contributed by atoms with Crippen LogP contribution in [0.25, 0.3) is 0 Å². The van der Waals surface area contributed by atoms with Gasteiger partial charge in [0.05, 0.1) is 0 Å². The Morgan fingerprint density at radius 1 is 1.14 bits per heavy atom. The van der Waals surface area contributed by atoms with Crippen LogP contribution in [0.15, 0.2) is 24.3 Å². The minimum atomic E-state index is -0.426. The summed E-state index contributed by atoms with van der Waals surface area (Å²) in [5.41, 5.74) is 2.46. The lowest BCUT2D eigenvalue weighted by Gasteiger charge is -2.19. The largest absolute Gasteiger partial charge is 0.325 e. The van der Waals surface area contributed by atoms with Crippen molar-refractivity contribution in [2.75, 3.05) is 6.54 Å². The van der Waals surface area contributed by atoms with Gasteiger partial charge in [-0.2, -0.15) is 0 Å². The molecule has 1 aromatic carbocycles. The van der Waals surface area contributed by atoms with Gasteiger partial charge in [0.15, 0.2) is 0 Å². The number of imide groups is 1. The van der Waals surface area contributed by atoms with Crippen molar-refractivity contribution in [3.8, 4) is 0 Å². The van der Waals surface area contributed by atoms with Crippen LogP contribution in [0.5, 0.6) is 0 Å². The van der Waals surface area contributed by atoms with Crippen molar-refractivity contribution >= 4 is 11.9 Å². The van der Waals surface area contributed by atoms with Gasteiger partial charge in [0.1, 0.15) is 6.04 Å². The zero-order valence-corrected chi connectivity index (χ0v) is 14.0. The molecule has 1 aliphatic heterocycles. The van der Waals surface area contributed by atoms with Gasteiger partial charge in [-0.05, 0) is 23.0 Å². The lowest BCUT2D eigenvalue weighted by Crippen LogP contribution is -2.33. The maximum Gasteiger partial charge on any atom is 0.324 e. The zero-order chi connectivity index (χ0) is 16.3. The van der Waals surface area contributed by atoms with E-state index in [0.717, 1.165) is 18.4 Å². The number of amides is 3. The minimum Gasteiger partial charge on any atom is -0.325 e. The molecule has 0 saturated carbocycles. The quantitative estimate of drug-likeness (QED) is 0.849. The van der Waals surface area contributed by atoms with E-state index in [1.807, 2.05) is 6.92 Å². The highest BCUT2D eigenvalue weighted by Crippen LogP contribution is 2.23. The topological polar surface area (TPSA) is 49.4 Å². The van der Waals surface area contributed by atoms with Crippen molar-refractivity contribution in [3.63, 3.8) is 0 Å². The predicted molar refractivity (Wildman–Crippen MR) is 87.8 cm³/mol. The SMILES string of the molecule is CCCCN1C(=O)NC(Cc2ccc(C(C)(C)C)cc2)C1=O. The Bertz CT molecular complexity index is 543. The Kier molecular flexibility index (Phi) is 4.89. The molecule has 120 valence electrons. The first kappa shape index (κ1) is 16.5. The Morgan fingerprint density at radius 3 is 2.32 bits per heavy atom. The highest BCUT2D eigenvalue weighted by atomic mass is 16.2. The van der Waals surface area contributed by atoms with Gasteiger partial charge in [-0.1, -0.05) is 58.4 Å². The standard InChI is InChI=1S/C18H26N2O2/c1-5-6-11-20-16(21)15(19-17(20)22)12-13-7-9-14(10-8-13)18(2,3)4/h7-10,15H,5-6,11-12H2,1-4H3,(H,19,22). The molecule has 0 spiro atoms. The molecule has 1 heterocycles. The van der Waals surface area contributed by atoms with Crippen LogP contribution >= 0.6 is 0 Å². The number of nitrogens with one attached hydrogen (secondary N) is 1. The maximum atomic E-state index is 12.3. The molecule has 0 bridgehead atoms. The van der Waals surface area contributed by atoms with E-state index in [4.69, 9.17) is 0 Å². The number of hydrogen-bond acceptors (Lipinski definition) is 2. The average molecular weight is 302 g/mol. The molecule has 1 fully saturated rings. The number of urea groups is 1. The molecule has 0 aromatic heterocycles. The van der Waals surface area contributed by atoms with Crippen LogP contribution in [0.3, 0.4) is 0 Å². The molecule has 0 aliphatic carbocycles. The van der Waals surface area contributed by atoms with E-state index >= 15 is 0 Å². The van der Waals surface area contributed by atoms with Gasteiger partial charge < -0.3 is 5.32 Å². The molecule has 1 aliphatic rings. The van der Waals surface area contributed by atoms with E-state index in [1.54, 1.807) is 0 Å². The van der Waals surface area contributed by atoms with Gasteiger partial charge in [-0.15, -0.1) is 0 Å². The van der Waals surface area contributed by atoms with Gasteiger partial charge in [0, 0.05) is 13.0 Å². The highest BCUT2D eigenvalue weighted by molar-refractivity contribution is 6.04. The smallest absolute Gasteiger partial charge is 0.324 e. The fourth-order valence-electron chi connectivity index (χ4n) is 2.62. The summed E-state index contributed by atoms with van der Waals surface area (Å²) in [4.78, 5) is 25.5. The lowest BCUT2D eigenvalue weighted by molar-refractivity contribution is -0.127. The highest BCUT2D eigenvalue weighted by Gasteiger charge is 2.37. The van der Waals surface area contributed by atoms with Crippen molar-refractivity contribution in [1.29, 1.82) is 0 Å². The van der Waals surface area contributed by atoms with Crippen LogP contribution in [0, 0.1) is 0 Å². The number of carbonyl (C=O) groups is 2. The van der Waals surface area contributed by atoms with E-state index in [0.29, 0.717) is 13.0 Å². The molecule has 22 heavy (non-hydrogen) atoms. The van der Waals surface area contributed by atoms with Gasteiger partial charge in [-0.3, -0.25) is 9.69 Å². The minimum absolute atomic E-state index is 0.0988. The Morgan fingerprint density at radius 2 is 1.77 bits per heavy atom. The second-order valence-corrected chi connectivity index (χ2v) is 7.00. The summed E-state index contributed by atoms with van der Waals surface area (Å²) in [6.07, 6.45) is 2.37. The van der Waals surface area contributed by atoms with Crippen molar-refractivity contribution in [2.45, 2.75) is 58.4 Å². The number of carbonyl (C=O) groups excluding carboxylic acids is 2. The summed E-state index contributed by atoms with van der Waals surface area (Å²) in [5, 5.41) is 2.79. The molecular weight excluding hydrogens is 276 g/mol. The first-order chi connectivity index (χ1) is 10.3. The molecule has 3 amide bonds. The molecule has 1 atom stereocenters. The van der Waals surface area contributed by atoms with E-state index < -0.39 is 6.04 Å². The van der Waals surface area contributed by atoms with Crippen LogP contribution < -0.4 is 5.32 Å². The summed E-state index contributed by atoms with van der Waals surface area (Å²) < 4.78 is 0. The molecule has 0 radical (unpaired) electrons. The second-order valence-electron chi connectivity index (χ2n) is 7.00. The van der Waals surface area contributed by atoms with Crippen molar-refractivity contribution < 1.29 is 9.59 Å². The Balaban J connectivity index is 2.02. The summed E-state index contributed by atoms with van der Waals surface area (Å²) >= 11 is 0. The molecule has 1 aromatic rings. The van der Waals surface area contributed by atoms with Crippen LogP contribution in [-0.2, 0) is 16.6 Å². The van der Waals surface area contributed by atoms with Crippen LogP contribution in [-0.4, -0.2) is 29.4 Å². The Labute approximate surface area is 132 Å². The molecule has 2 rings (SSSR count). The third-order valence-corrected chi connectivity index (χ3v) is 4.10. The third-order valence-electron chi connectivity index (χ3n) is 4.10. The summed E-state index contributed by atoms with van der Waals surface area (Å²) in [6.45, 7) is 9.09. The summed E-state index contributed by atoms with van der Waals surface area (Å²) in [7, 11) is 0. The fourth-order valence-corrected chi connectivity index (χ4v) is 2.62. The first-order valence-electron chi connectivity index (χ1n) is 8.04. The monoisotopic (exact) mass is 302 g/mol. The van der Waals surface area contributed by atoms with E-state index in [2.05, 4.69) is 50.4 Å². The molecule has 4 nitrogen and oxygen atoms in total. The number of nitrogens with zero attached hydrogens (tertiary/aromatic N) is 1. The molecule has 1 unspecified atom stereocenters. The number of unbranched alkanes of at least 4 members (excludes halogenated alkanes) is 1. The Hall–Kier alpha value is -1.84. The first-order valence-corrected chi connectivity index (χ1v) is 8.04. The van der Waals surface area contributed by atoms with Gasteiger partial charge in [-0.25, -0.2) is 4.79 Å². The zero-order valence-electron chi connectivity index (χ0n) is 14.0. The van der Waals surface area contributed by atoms with E-state index in [1.165, 1.54) is 10.5 Å². The normalized spacial score (nSPS) is 18.7. The van der Waals surface area contributed by atoms with Crippen LogP contribution in [0.1, 0.15) is 51.7 Å². The number of hydrogen-bond donors (Lipinski definition) is 1. The number of rotatable bonds is 5.